The Hall–Kier alpha value is -2.32. The van der Waals surface area contributed by atoms with Crippen molar-refractivity contribution in [3.05, 3.63) is 40.3 Å². The first-order valence-corrected chi connectivity index (χ1v) is 11.3. The molecule has 2 aliphatic rings. The Labute approximate surface area is 185 Å². The minimum absolute atomic E-state index is 0.0164. The average molecular weight is 448 g/mol. The molecule has 4 rings (SSSR count). The molecule has 0 aliphatic carbocycles. The van der Waals surface area contributed by atoms with Crippen LogP contribution in [0.3, 0.4) is 0 Å². The van der Waals surface area contributed by atoms with Crippen LogP contribution < -0.4 is 15.0 Å². The molecule has 1 saturated heterocycles. The van der Waals surface area contributed by atoms with Crippen LogP contribution in [-0.4, -0.2) is 47.0 Å². The number of likely N-dealkylation sites (tertiary alicyclic amines) is 1. The zero-order valence-electron chi connectivity index (χ0n) is 17.3. The second-order valence-corrected chi connectivity index (χ2v) is 9.17. The highest BCUT2D eigenvalue weighted by Gasteiger charge is 2.27. The van der Waals surface area contributed by atoms with Gasteiger partial charge in [-0.3, -0.25) is 4.79 Å². The fraction of sp³-hybridized carbons (Fsp3) is 0.476. The van der Waals surface area contributed by atoms with Gasteiger partial charge in [0.2, 0.25) is 5.91 Å². The summed E-state index contributed by atoms with van der Waals surface area (Å²) in [6, 6.07) is 2.14. The minimum atomic E-state index is 0.0164. The fourth-order valence-electron chi connectivity index (χ4n) is 4.14. The predicted octanol–water partition coefficient (Wildman–Crippen LogP) is 4.09. The largest absolute Gasteiger partial charge is 0.493 e. The Morgan fingerprint density at radius 2 is 2.30 bits per heavy atom. The third kappa shape index (κ3) is 4.39. The van der Waals surface area contributed by atoms with Crippen LogP contribution in [0.5, 0.6) is 5.75 Å². The summed E-state index contributed by atoms with van der Waals surface area (Å²) in [5, 5.41) is 4.04. The highest BCUT2D eigenvalue weighted by atomic mass is 35.5. The predicted molar refractivity (Wildman–Crippen MR) is 120 cm³/mol. The Morgan fingerprint density at radius 3 is 3.07 bits per heavy atom. The normalized spacial score (nSPS) is 18.3. The molecule has 2 aliphatic heterocycles. The molecule has 0 aromatic carbocycles. The number of methoxy groups -OCH3 is 1. The van der Waals surface area contributed by atoms with E-state index in [1.807, 2.05) is 13.0 Å². The number of nitrogens with one attached hydrogen (secondary N) is 1. The highest BCUT2D eigenvalue weighted by Crippen LogP contribution is 2.33. The van der Waals surface area contributed by atoms with Gasteiger partial charge in [0.15, 0.2) is 16.0 Å². The summed E-state index contributed by atoms with van der Waals surface area (Å²) in [4.78, 5) is 27.1. The van der Waals surface area contributed by atoms with Gasteiger partial charge in [-0.25, -0.2) is 9.97 Å². The van der Waals surface area contributed by atoms with E-state index >= 15 is 0 Å². The standard InChI is InChI=1S/C21H26ClN5O2S/c1-13(2)27-7-4-5-14(27)10-19(28)25-21-24-16-6-8-26(12-18(16)30-21)15-9-17(29-3)20(22)23-11-15/h9,11,14H,1,4-8,10,12H2,2-3H3,(H,24,25,28)/t14-/m0/s1. The Balaban J connectivity index is 1.40. The van der Waals surface area contributed by atoms with E-state index in [0.717, 1.165) is 60.9 Å². The lowest BCUT2D eigenvalue weighted by molar-refractivity contribution is -0.117. The number of anilines is 2. The zero-order chi connectivity index (χ0) is 21.3. The van der Waals surface area contributed by atoms with Gasteiger partial charge in [0, 0.05) is 48.6 Å². The number of thiazole rings is 1. The lowest BCUT2D eigenvalue weighted by Crippen LogP contribution is -2.31. The van der Waals surface area contributed by atoms with Gasteiger partial charge in [0.1, 0.15) is 0 Å². The number of hydrogen-bond acceptors (Lipinski definition) is 7. The number of fused-ring (bicyclic) bond motifs is 1. The van der Waals surface area contributed by atoms with Crippen LogP contribution >= 0.6 is 22.9 Å². The van der Waals surface area contributed by atoms with Crippen LogP contribution in [0.4, 0.5) is 10.8 Å². The molecule has 0 unspecified atom stereocenters. The molecule has 1 amide bonds. The molecule has 7 nitrogen and oxygen atoms in total. The maximum atomic E-state index is 12.6. The van der Waals surface area contributed by atoms with E-state index in [-0.39, 0.29) is 11.9 Å². The van der Waals surface area contributed by atoms with E-state index < -0.39 is 0 Å². The van der Waals surface area contributed by atoms with E-state index in [1.165, 1.54) is 0 Å². The van der Waals surface area contributed by atoms with E-state index in [2.05, 4.69) is 31.7 Å². The van der Waals surface area contributed by atoms with Gasteiger partial charge in [-0.2, -0.15) is 0 Å². The van der Waals surface area contributed by atoms with Crippen molar-refractivity contribution in [2.24, 2.45) is 0 Å². The molecule has 160 valence electrons. The molecule has 1 N–H and O–H groups in total. The number of halogens is 1. The molecule has 4 heterocycles. The van der Waals surface area contributed by atoms with Crippen molar-refractivity contribution >= 4 is 39.7 Å². The first kappa shape index (κ1) is 20.9. The summed E-state index contributed by atoms with van der Waals surface area (Å²) in [5.41, 5.74) is 3.05. The smallest absolute Gasteiger partial charge is 0.228 e. The lowest BCUT2D eigenvalue weighted by atomic mass is 10.1. The van der Waals surface area contributed by atoms with Crippen LogP contribution in [0.15, 0.2) is 24.5 Å². The van der Waals surface area contributed by atoms with E-state index in [0.29, 0.717) is 22.5 Å². The molecule has 2 aromatic rings. The number of nitrogens with zero attached hydrogens (tertiary/aromatic N) is 4. The third-order valence-corrected chi connectivity index (χ3v) is 6.93. The first-order valence-electron chi connectivity index (χ1n) is 10.1. The van der Waals surface area contributed by atoms with Gasteiger partial charge in [-0.05, 0) is 19.8 Å². The van der Waals surface area contributed by atoms with Crippen molar-refractivity contribution < 1.29 is 9.53 Å². The summed E-state index contributed by atoms with van der Waals surface area (Å²) >= 11 is 7.59. The van der Waals surface area contributed by atoms with Crippen molar-refractivity contribution in [1.82, 2.24) is 14.9 Å². The van der Waals surface area contributed by atoms with Crippen molar-refractivity contribution in [2.75, 3.05) is 30.4 Å². The second-order valence-electron chi connectivity index (χ2n) is 7.72. The van der Waals surface area contributed by atoms with Crippen molar-refractivity contribution in [3.8, 4) is 5.75 Å². The topological polar surface area (TPSA) is 70.6 Å². The molecule has 0 radical (unpaired) electrons. The number of carbonyl (C=O) groups excluding carboxylic acids is 1. The van der Waals surface area contributed by atoms with Gasteiger partial charge < -0.3 is 19.9 Å². The van der Waals surface area contributed by atoms with Crippen molar-refractivity contribution in [1.29, 1.82) is 0 Å². The van der Waals surface area contributed by atoms with Gasteiger partial charge in [0.05, 0.1) is 31.2 Å². The summed E-state index contributed by atoms with van der Waals surface area (Å²) in [5.74, 6) is 0.579. The number of allylic oxidation sites excluding steroid dienone is 1. The van der Waals surface area contributed by atoms with Crippen LogP contribution in [0.1, 0.15) is 36.8 Å². The van der Waals surface area contributed by atoms with Gasteiger partial charge >= 0.3 is 0 Å². The van der Waals surface area contributed by atoms with Crippen molar-refractivity contribution in [2.45, 2.75) is 45.2 Å². The molecule has 2 aromatic heterocycles. The zero-order valence-corrected chi connectivity index (χ0v) is 18.9. The quantitative estimate of drug-likeness (QED) is 0.672. The summed E-state index contributed by atoms with van der Waals surface area (Å²) in [7, 11) is 1.58. The van der Waals surface area contributed by atoms with Crippen LogP contribution in [-0.2, 0) is 17.8 Å². The van der Waals surface area contributed by atoms with Crippen LogP contribution in [0.25, 0.3) is 0 Å². The van der Waals surface area contributed by atoms with Gasteiger partial charge in [-0.1, -0.05) is 29.5 Å². The monoisotopic (exact) mass is 447 g/mol. The first-order chi connectivity index (χ1) is 14.4. The number of hydrogen-bond donors (Lipinski definition) is 1. The third-order valence-electron chi connectivity index (χ3n) is 5.64. The summed E-state index contributed by atoms with van der Waals surface area (Å²) in [6.45, 7) is 8.57. The van der Waals surface area contributed by atoms with Crippen LogP contribution in [0.2, 0.25) is 5.15 Å². The summed E-state index contributed by atoms with van der Waals surface area (Å²) < 4.78 is 5.28. The lowest BCUT2D eigenvalue weighted by Gasteiger charge is -2.28. The Morgan fingerprint density at radius 1 is 1.47 bits per heavy atom. The maximum Gasteiger partial charge on any atom is 0.228 e. The van der Waals surface area contributed by atoms with Crippen LogP contribution in [0, 0.1) is 0 Å². The van der Waals surface area contributed by atoms with Gasteiger partial charge in [0.25, 0.3) is 0 Å². The molecular formula is C21H26ClN5O2S. The molecule has 9 heteroatoms. The van der Waals surface area contributed by atoms with E-state index in [9.17, 15) is 4.79 Å². The minimum Gasteiger partial charge on any atom is -0.493 e. The molecule has 0 spiro atoms. The molecular weight excluding hydrogens is 422 g/mol. The van der Waals surface area contributed by atoms with Crippen molar-refractivity contribution in [3.63, 3.8) is 0 Å². The highest BCUT2D eigenvalue weighted by molar-refractivity contribution is 7.15. The maximum absolute atomic E-state index is 12.6. The average Bonchev–Trinajstić information content (AvgIpc) is 3.33. The second kappa shape index (κ2) is 8.81. The molecule has 0 bridgehead atoms. The molecule has 30 heavy (non-hydrogen) atoms. The molecule has 0 saturated carbocycles. The number of ether oxygens (including phenoxy) is 1. The van der Waals surface area contributed by atoms with E-state index in [4.69, 9.17) is 16.3 Å². The SMILES string of the molecule is C=C(C)N1CCC[C@H]1CC(=O)Nc1nc2c(s1)CN(c1cnc(Cl)c(OC)c1)CC2. The number of amides is 1. The Bertz CT molecular complexity index is 963. The summed E-state index contributed by atoms with van der Waals surface area (Å²) in [6.07, 6.45) is 5.19. The number of rotatable bonds is 6. The van der Waals surface area contributed by atoms with E-state index in [1.54, 1.807) is 24.6 Å². The number of pyridine rings is 1. The fourth-order valence-corrected chi connectivity index (χ4v) is 5.36. The molecule has 1 fully saturated rings. The number of aromatic nitrogens is 2. The number of carbonyl (C=O) groups is 1. The van der Waals surface area contributed by atoms with Gasteiger partial charge in [-0.15, -0.1) is 0 Å². The Kier molecular flexibility index (Phi) is 6.15. The molecule has 1 atom stereocenters.